The molecule has 1 aliphatic heterocycles. The number of hydrogen-bond acceptors (Lipinski definition) is 5. The van der Waals surface area contributed by atoms with Crippen LogP contribution in [0.25, 0.3) is 23.3 Å². The molecule has 0 radical (unpaired) electrons. The topological polar surface area (TPSA) is 65.2 Å². The van der Waals surface area contributed by atoms with Gasteiger partial charge < -0.3 is 4.74 Å². The average Bonchev–Trinajstić information content (AvgIpc) is 3.10. The van der Waals surface area contributed by atoms with E-state index in [1.54, 1.807) is 24.4 Å². The summed E-state index contributed by atoms with van der Waals surface area (Å²) in [5, 5.41) is 8.92. The van der Waals surface area contributed by atoms with Crippen molar-refractivity contribution >= 4 is 12.8 Å². The lowest BCUT2D eigenvalue weighted by atomic mass is 9.96. The molecule has 0 unspecified atom stereocenters. The van der Waals surface area contributed by atoms with Crippen molar-refractivity contribution in [3.63, 3.8) is 0 Å². The van der Waals surface area contributed by atoms with E-state index in [1.165, 1.54) is 12.1 Å². The zero-order valence-corrected chi connectivity index (χ0v) is 16.3. The molecule has 1 aromatic carbocycles. The highest BCUT2D eigenvalue weighted by molar-refractivity contribution is 5.61. The Morgan fingerprint density at radius 3 is 2.55 bits per heavy atom. The molecule has 0 saturated carbocycles. The van der Waals surface area contributed by atoms with Gasteiger partial charge in [0.1, 0.15) is 11.5 Å². The Labute approximate surface area is 168 Å². The highest BCUT2D eigenvalue weighted by Crippen LogP contribution is 2.28. The van der Waals surface area contributed by atoms with Gasteiger partial charge >= 0.3 is 0 Å². The van der Waals surface area contributed by atoms with Crippen molar-refractivity contribution in [2.75, 3.05) is 13.2 Å². The number of halogens is 1. The minimum Gasteiger partial charge on any atom is -0.381 e. The van der Waals surface area contributed by atoms with Crippen LogP contribution in [0, 0.1) is 12.7 Å². The SMILES string of the molecule is C=N/C=C\c1nc(-c2ccc(C3CCOCC3)nn2)n(-c2ccc(F)cc2)c1C. The van der Waals surface area contributed by atoms with Crippen LogP contribution in [0.15, 0.2) is 47.6 Å². The van der Waals surface area contributed by atoms with E-state index in [-0.39, 0.29) is 5.82 Å². The van der Waals surface area contributed by atoms with Crippen LogP contribution >= 0.6 is 0 Å². The maximum Gasteiger partial charge on any atom is 0.166 e. The van der Waals surface area contributed by atoms with E-state index >= 15 is 0 Å². The molecule has 1 aliphatic rings. The van der Waals surface area contributed by atoms with Crippen molar-refractivity contribution in [2.45, 2.75) is 25.7 Å². The Bertz CT molecular complexity index is 1020. The van der Waals surface area contributed by atoms with Crippen LogP contribution in [0.3, 0.4) is 0 Å². The van der Waals surface area contributed by atoms with Crippen molar-refractivity contribution in [3.05, 3.63) is 65.5 Å². The summed E-state index contributed by atoms with van der Waals surface area (Å²) < 4.78 is 20.8. The number of aromatic nitrogens is 4. The van der Waals surface area contributed by atoms with Gasteiger partial charge in [0.2, 0.25) is 0 Å². The number of nitrogens with zero attached hydrogens (tertiary/aromatic N) is 5. The molecule has 2 aromatic heterocycles. The fourth-order valence-electron chi connectivity index (χ4n) is 3.55. The van der Waals surface area contributed by atoms with Crippen molar-refractivity contribution in [1.29, 1.82) is 0 Å². The first-order valence-corrected chi connectivity index (χ1v) is 9.57. The van der Waals surface area contributed by atoms with E-state index in [0.717, 1.165) is 48.8 Å². The third kappa shape index (κ3) is 4.00. The molecule has 4 rings (SSSR count). The first-order chi connectivity index (χ1) is 14.2. The van der Waals surface area contributed by atoms with Crippen LogP contribution in [0.5, 0.6) is 0 Å². The van der Waals surface area contributed by atoms with Crippen molar-refractivity contribution in [1.82, 2.24) is 19.7 Å². The monoisotopic (exact) mass is 391 g/mol. The molecule has 1 saturated heterocycles. The van der Waals surface area contributed by atoms with E-state index in [2.05, 4.69) is 21.9 Å². The van der Waals surface area contributed by atoms with Crippen LogP contribution in [0.4, 0.5) is 4.39 Å². The predicted octanol–water partition coefficient (Wildman–Crippen LogP) is 4.34. The standard InChI is InChI=1S/C22H22FN5O/c1-15-19(9-12-24-2)25-22(28(15)18-5-3-17(23)4-6-18)21-8-7-20(26-27-21)16-10-13-29-14-11-16/h3-9,12,16H,2,10-11,13-14H2,1H3/b12-9-. The van der Waals surface area contributed by atoms with Crippen LogP contribution in [0.1, 0.15) is 35.8 Å². The zero-order valence-electron chi connectivity index (χ0n) is 16.3. The Balaban J connectivity index is 1.76. The van der Waals surface area contributed by atoms with E-state index in [1.807, 2.05) is 23.6 Å². The van der Waals surface area contributed by atoms with Gasteiger partial charge in [-0.15, -0.1) is 5.10 Å². The van der Waals surface area contributed by atoms with Gasteiger partial charge in [0, 0.05) is 36.7 Å². The predicted molar refractivity (Wildman–Crippen MR) is 111 cm³/mol. The fraction of sp³-hybridized carbons (Fsp3) is 0.273. The highest BCUT2D eigenvalue weighted by Gasteiger charge is 2.20. The lowest BCUT2D eigenvalue weighted by Crippen LogP contribution is -2.15. The second-order valence-corrected chi connectivity index (χ2v) is 6.95. The van der Waals surface area contributed by atoms with Gasteiger partial charge in [-0.25, -0.2) is 9.37 Å². The number of hydrogen-bond donors (Lipinski definition) is 0. The second-order valence-electron chi connectivity index (χ2n) is 6.95. The largest absolute Gasteiger partial charge is 0.381 e. The smallest absolute Gasteiger partial charge is 0.166 e. The summed E-state index contributed by atoms with van der Waals surface area (Å²) in [6.45, 7) is 6.94. The van der Waals surface area contributed by atoms with Gasteiger partial charge in [-0.05, 0) is 69.0 Å². The number of aliphatic imine (C=N–C) groups is 1. The van der Waals surface area contributed by atoms with Gasteiger partial charge in [-0.3, -0.25) is 9.56 Å². The second kappa shape index (κ2) is 8.45. The molecule has 0 N–H and O–H groups in total. The molecule has 29 heavy (non-hydrogen) atoms. The molecule has 7 heteroatoms. The normalized spacial score (nSPS) is 15.1. The molecule has 1 fully saturated rings. The van der Waals surface area contributed by atoms with Gasteiger partial charge in [0.05, 0.1) is 11.4 Å². The Kier molecular flexibility index (Phi) is 5.57. The molecule has 3 heterocycles. The molecule has 0 spiro atoms. The lowest BCUT2D eigenvalue weighted by molar-refractivity contribution is 0.0843. The third-order valence-corrected chi connectivity index (χ3v) is 5.12. The molecule has 0 aliphatic carbocycles. The molecular weight excluding hydrogens is 369 g/mol. The van der Waals surface area contributed by atoms with Gasteiger partial charge in [0.15, 0.2) is 5.82 Å². The Morgan fingerprint density at radius 2 is 1.90 bits per heavy atom. The minimum absolute atomic E-state index is 0.287. The van der Waals surface area contributed by atoms with E-state index in [9.17, 15) is 4.39 Å². The quantitative estimate of drug-likeness (QED) is 0.607. The fourth-order valence-corrected chi connectivity index (χ4v) is 3.55. The first-order valence-electron chi connectivity index (χ1n) is 9.57. The van der Waals surface area contributed by atoms with Gasteiger partial charge in [0.25, 0.3) is 0 Å². The summed E-state index contributed by atoms with van der Waals surface area (Å²) in [5.74, 6) is 0.731. The summed E-state index contributed by atoms with van der Waals surface area (Å²) in [6.07, 6.45) is 5.30. The van der Waals surface area contributed by atoms with E-state index < -0.39 is 0 Å². The molecular formula is C22H22FN5O. The summed E-state index contributed by atoms with van der Waals surface area (Å²) >= 11 is 0. The van der Waals surface area contributed by atoms with E-state index in [0.29, 0.717) is 17.4 Å². The number of ether oxygens (including phenoxy) is 1. The lowest BCUT2D eigenvalue weighted by Gasteiger charge is -2.21. The molecule has 0 amide bonds. The van der Waals surface area contributed by atoms with Crippen LogP contribution in [-0.4, -0.2) is 39.7 Å². The van der Waals surface area contributed by atoms with Crippen LogP contribution in [-0.2, 0) is 4.74 Å². The molecule has 6 nitrogen and oxygen atoms in total. The summed E-state index contributed by atoms with van der Waals surface area (Å²) in [7, 11) is 0. The summed E-state index contributed by atoms with van der Waals surface area (Å²) in [5.41, 5.74) is 4.06. The molecule has 3 aromatic rings. The van der Waals surface area contributed by atoms with Crippen molar-refractivity contribution in [3.8, 4) is 17.2 Å². The maximum absolute atomic E-state index is 13.4. The molecule has 0 atom stereocenters. The third-order valence-electron chi connectivity index (χ3n) is 5.12. The number of rotatable bonds is 5. The van der Waals surface area contributed by atoms with Crippen LogP contribution in [0.2, 0.25) is 0 Å². The minimum atomic E-state index is -0.287. The number of imidazole rings is 1. The molecule has 148 valence electrons. The zero-order chi connectivity index (χ0) is 20.2. The highest BCUT2D eigenvalue weighted by atomic mass is 19.1. The first kappa shape index (κ1) is 19.1. The van der Waals surface area contributed by atoms with Gasteiger partial charge in [-0.1, -0.05) is 0 Å². The average molecular weight is 391 g/mol. The van der Waals surface area contributed by atoms with Crippen molar-refractivity contribution < 1.29 is 9.13 Å². The van der Waals surface area contributed by atoms with Gasteiger partial charge in [-0.2, -0.15) is 5.10 Å². The van der Waals surface area contributed by atoms with E-state index in [4.69, 9.17) is 9.72 Å². The van der Waals surface area contributed by atoms with Crippen molar-refractivity contribution in [2.24, 2.45) is 4.99 Å². The molecule has 0 bridgehead atoms. The Morgan fingerprint density at radius 1 is 1.14 bits per heavy atom. The summed E-state index contributed by atoms with van der Waals surface area (Å²) in [4.78, 5) is 8.49. The maximum atomic E-state index is 13.4. The number of benzene rings is 1. The summed E-state index contributed by atoms with van der Waals surface area (Å²) in [6, 6.07) is 10.3. The Hall–Kier alpha value is -3.19. The van der Waals surface area contributed by atoms with Crippen LogP contribution < -0.4 is 0 Å².